The topological polar surface area (TPSA) is 54.0 Å². The van der Waals surface area contributed by atoms with Crippen LogP contribution in [0.2, 0.25) is 0 Å². The Morgan fingerprint density at radius 2 is 2.25 bits per heavy atom. The molecule has 1 aromatic heterocycles. The average Bonchev–Trinajstić information content (AvgIpc) is 2.45. The first-order valence-corrected chi connectivity index (χ1v) is 8.41. The Bertz CT molecular complexity index is 412. The van der Waals surface area contributed by atoms with Crippen molar-refractivity contribution in [2.75, 3.05) is 23.4 Å². The summed E-state index contributed by atoms with van der Waals surface area (Å²) in [5.74, 6) is 2.93. The Morgan fingerprint density at radius 3 is 2.95 bits per heavy atom. The van der Waals surface area contributed by atoms with Crippen LogP contribution in [0.3, 0.4) is 0 Å². The number of rotatable bonds is 9. The van der Waals surface area contributed by atoms with Crippen molar-refractivity contribution in [3.05, 3.63) is 23.9 Å². The third-order valence-corrected chi connectivity index (χ3v) is 3.79. The summed E-state index contributed by atoms with van der Waals surface area (Å²) in [5.41, 5.74) is 0.661. The summed E-state index contributed by atoms with van der Waals surface area (Å²) in [5, 5.41) is 6.22. The van der Waals surface area contributed by atoms with Gasteiger partial charge in [0.15, 0.2) is 0 Å². The van der Waals surface area contributed by atoms with Crippen LogP contribution in [0.25, 0.3) is 0 Å². The van der Waals surface area contributed by atoms with Crippen LogP contribution >= 0.6 is 11.8 Å². The van der Waals surface area contributed by atoms with Gasteiger partial charge in [0.2, 0.25) is 0 Å². The van der Waals surface area contributed by atoms with E-state index in [0.29, 0.717) is 5.56 Å². The number of hydrogen-bond acceptors (Lipinski definition) is 4. The van der Waals surface area contributed by atoms with Crippen molar-refractivity contribution in [2.24, 2.45) is 0 Å². The highest BCUT2D eigenvalue weighted by Gasteiger charge is 2.10. The van der Waals surface area contributed by atoms with Crippen molar-refractivity contribution < 1.29 is 4.79 Å². The lowest BCUT2D eigenvalue weighted by Gasteiger charge is -2.14. The molecule has 112 valence electrons. The lowest BCUT2D eigenvalue weighted by molar-refractivity contribution is 0.0939. The zero-order chi connectivity index (χ0) is 14.8. The molecular weight excluding hydrogens is 270 g/mol. The standard InChI is InChI=1S/C15H25N3OS/c1-4-8-16-14-11-13(6-9-17-14)15(19)18-12(3)7-10-20-5-2/h6,9,11-12H,4-5,7-8,10H2,1-3H3,(H,16,17)(H,18,19). The van der Waals surface area contributed by atoms with Crippen LogP contribution in [0.4, 0.5) is 5.82 Å². The predicted octanol–water partition coefficient (Wildman–Crippen LogP) is 3.17. The maximum absolute atomic E-state index is 12.1. The summed E-state index contributed by atoms with van der Waals surface area (Å²) in [6.07, 6.45) is 3.70. The molecule has 1 heterocycles. The molecule has 0 fully saturated rings. The lowest BCUT2D eigenvalue weighted by Crippen LogP contribution is -2.33. The molecule has 0 aliphatic carbocycles. The Balaban J connectivity index is 2.49. The summed E-state index contributed by atoms with van der Waals surface area (Å²) < 4.78 is 0. The van der Waals surface area contributed by atoms with E-state index in [2.05, 4.69) is 29.5 Å². The molecule has 1 atom stereocenters. The monoisotopic (exact) mass is 295 g/mol. The van der Waals surface area contributed by atoms with Gasteiger partial charge in [0.25, 0.3) is 5.91 Å². The number of amides is 1. The second kappa shape index (κ2) is 9.64. The molecule has 1 amide bonds. The number of thioether (sulfide) groups is 1. The molecule has 20 heavy (non-hydrogen) atoms. The van der Waals surface area contributed by atoms with Gasteiger partial charge in [-0.25, -0.2) is 4.98 Å². The van der Waals surface area contributed by atoms with Crippen LogP contribution in [0, 0.1) is 0 Å². The SMILES string of the molecule is CCCNc1cc(C(=O)NC(C)CCSCC)ccn1. The van der Waals surface area contributed by atoms with E-state index in [1.54, 1.807) is 18.3 Å². The molecule has 5 heteroatoms. The fraction of sp³-hybridized carbons (Fsp3) is 0.600. The maximum Gasteiger partial charge on any atom is 0.251 e. The molecule has 0 radical (unpaired) electrons. The number of nitrogens with zero attached hydrogens (tertiary/aromatic N) is 1. The maximum atomic E-state index is 12.1. The smallest absolute Gasteiger partial charge is 0.251 e. The zero-order valence-corrected chi connectivity index (χ0v) is 13.4. The van der Waals surface area contributed by atoms with E-state index >= 15 is 0 Å². The fourth-order valence-electron chi connectivity index (χ4n) is 1.71. The van der Waals surface area contributed by atoms with Gasteiger partial charge in [-0.05, 0) is 43.4 Å². The second-order valence-corrected chi connectivity index (χ2v) is 6.11. The van der Waals surface area contributed by atoms with Crippen LogP contribution in [-0.4, -0.2) is 35.0 Å². The number of anilines is 1. The van der Waals surface area contributed by atoms with E-state index < -0.39 is 0 Å². The molecule has 1 unspecified atom stereocenters. The van der Waals surface area contributed by atoms with E-state index in [0.717, 1.165) is 36.7 Å². The molecule has 2 N–H and O–H groups in total. The number of pyridine rings is 1. The largest absolute Gasteiger partial charge is 0.370 e. The van der Waals surface area contributed by atoms with Gasteiger partial charge >= 0.3 is 0 Å². The van der Waals surface area contributed by atoms with Crippen molar-refractivity contribution in [2.45, 2.75) is 39.7 Å². The lowest BCUT2D eigenvalue weighted by atomic mass is 10.2. The summed E-state index contributed by atoms with van der Waals surface area (Å²) >= 11 is 1.90. The Morgan fingerprint density at radius 1 is 1.45 bits per heavy atom. The first kappa shape index (κ1) is 16.8. The summed E-state index contributed by atoms with van der Waals surface area (Å²) in [4.78, 5) is 16.3. The fourth-order valence-corrected chi connectivity index (χ4v) is 2.51. The third-order valence-electron chi connectivity index (χ3n) is 2.86. The molecule has 0 aromatic carbocycles. The van der Waals surface area contributed by atoms with Crippen LogP contribution in [-0.2, 0) is 0 Å². The minimum atomic E-state index is -0.0269. The number of aromatic nitrogens is 1. The van der Waals surface area contributed by atoms with Gasteiger partial charge in [0.1, 0.15) is 5.82 Å². The van der Waals surface area contributed by atoms with Crippen molar-refractivity contribution in [3.8, 4) is 0 Å². The van der Waals surface area contributed by atoms with Gasteiger partial charge in [-0.15, -0.1) is 0 Å². The van der Waals surface area contributed by atoms with Crippen molar-refractivity contribution in [1.29, 1.82) is 0 Å². The van der Waals surface area contributed by atoms with E-state index in [9.17, 15) is 4.79 Å². The van der Waals surface area contributed by atoms with Crippen LogP contribution in [0.5, 0.6) is 0 Å². The van der Waals surface area contributed by atoms with Crippen LogP contribution in [0.15, 0.2) is 18.3 Å². The van der Waals surface area contributed by atoms with Crippen molar-refractivity contribution in [3.63, 3.8) is 0 Å². The number of carbonyl (C=O) groups is 1. The van der Waals surface area contributed by atoms with Gasteiger partial charge in [0.05, 0.1) is 0 Å². The molecule has 0 saturated heterocycles. The highest BCUT2D eigenvalue weighted by Crippen LogP contribution is 2.08. The number of hydrogen-bond donors (Lipinski definition) is 2. The van der Waals surface area contributed by atoms with Gasteiger partial charge in [-0.1, -0.05) is 13.8 Å². The minimum absolute atomic E-state index is 0.0269. The minimum Gasteiger partial charge on any atom is -0.370 e. The molecule has 0 spiro atoms. The molecule has 0 bridgehead atoms. The van der Waals surface area contributed by atoms with Gasteiger partial charge in [-0.2, -0.15) is 11.8 Å². The molecule has 0 saturated carbocycles. The normalized spacial score (nSPS) is 11.9. The third kappa shape index (κ3) is 6.28. The molecule has 1 rings (SSSR count). The van der Waals surface area contributed by atoms with Crippen LogP contribution in [0.1, 0.15) is 44.0 Å². The molecular formula is C15H25N3OS. The summed E-state index contributed by atoms with van der Waals surface area (Å²) in [7, 11) is 0. The van der Waals surface area contributed by atoms with E-state index in [1.807, 2.05) is 18.7 Å². The quantitative estimate of drug-likeness (QED) is 0.687. The average molecular weight is 295 g/mol. The Hall–Kier alpha value is -1.23. The summed E-state index contributed by atoms with van der Waals surface area (Å²) in [6, 6.07) is 3.75. The Kier molecular flexibility index (Phi) is 8.11. The van der Waals surface area contributed by atoms with Gasteiger partial charge in [-0.3, -0.25) is 4.79 Å². The zero-order valence-electron chi connectivity index (χ0n) is 12.6. The number of nitrogens with one attached hydrogen (secondary N) is 2. The van der Waals surface area contributed by atoms with Gasteiger partial charge < -0.3 is 10.6 Å². The van der Waals surface area contributed by atoms with Crippen molar-refractivity contribution in [1.82, 2.24) is 10.3 Å². The van der Waals surface area contributed by atoms with E-state index in [1.165, 1.54) is 0 Å². The highest BCUT2D eigenvalue weighted by atomic mass is 32.2. The molecule has 0 aliphatic rings. The van der Waals surface area contributed by atoms with E-state index in [-0.39, 0.29) is 11.9 Å². The predicted molar refractivity (Wildman–Crippen MR) is 87.6 cm³/mol. The number of carbonyl (C=O) groups excluding carboxylic acids is 1. The molecule has 4 nitrogen and oxygen atoms in total. The Labute approximate surface area is 126 Å². The van der Waals surface area contributed by atoms with Gasteiger partial charge in [0, 0.05) is 24.3 Å². The molecule has 0 aliphatic heterocycles. The first-order valence-electron chi connectivity index (χ1n) is 7.25. The van der Waals surface area contributed by atoms with Crippen molar-refractivity contribution >= 4 is 23.5 Å². The second-order valence-electron chi connectivity index (χ2n) is 4.72. The first-order chi connectivity index (χ1) is 9.67. The van der Waals surface area contributed by atoms with Crippen LogP contribution < -0.4 is 10.6 Å². The summed E-state index contributed by atoms with van der Waals surface area (Å²) in [6.45, 7) is 7.16. The molecule has 1 aromatic rings. The highest BCUT2D eigenvalue weighted by molar-refractivity contribution is 7.99. The van der Waals surface area contributed by atoms with E-state index in [4.69, 9.17) is 0 Å².